The van der Waals surface area contributed by atoms with Crippen LogP contribution in [0.1, 0.15) is 25.1 Å². The highest BCUT2D eigenvalue weighted by Gasteiger charge is 2.18. The van der Waals surface area contributed by atoms with Crippen LogP contribution in [0.25, 0.3) is 0 Å². The highest BCUT2D eigenvalue weighted by atomic mass is 79.9. The topological polar surface area (TPSA) is 29.9 Å². The van der Waals surface area contributed by atoms with Crippen molar-refractivity contribution in [3.63, 3.8) is 0 Å². The third-order valence-corrected chi connectivity index (χ3v) is 5.35. The lowest BCUT2D eigenvalue weighted by molar-refractivity contribution is 0.523. The molecule has 0 aliphatic heterocycles. The minimum Gasteiger partial charge on any atom is -0.311 e. The fourth-order valence-electron chi connectivity index (χ4n) is 2.14. The molecule has 0 fully saturated rings. The fraction of sp³-hybridized carbons (Fsp3) is 0.400. The highest BCUT2D eigenvalue weighted by Crippen LogP contribution is 2.30. The van der Waals surface area contributed by atoms with E-state index in [1.165, 1.54) is 10.6 Å². The molecule has 1 aromatic carbocycles. The number of benzene rings is 1. The van der Waals surface area contributed by atoms with E-state index in [0.717, 1.165) is 27.7 Å². The zero-order chi connectivity index (χ0) is 15.2. The normalized spacial score (nSPS) is 12.6. The Bertz CT molecular complexity index is 586. The number of aromatic nitrogens is 2. The maximum Gasteiger partial charge on any atom is 0.0704 e. The molecule has 0 saturated heterocycles. The number of hydrogen-bond donors (Lipinski definition) is 1. The summed E-state index contributed by atoms with van der Waals surface area (Å²) in [5, 5.41) is 7.86. The van der Waals surface area contributed by atoms with Gasteiger partial charge in [-0.2, -0.15) is 5.10 Å². The van der Waals surface area contributed by atoms with Gasteiger partial charge in [-0.3, -0.25) is 4.68 Å². The molecule has 1 aromatic heterocycles. The summed E-state index contributed by atoms with van der Waals surface area (Å²) in [5.41, 5.74) is 1.22. The van der Waals surface area contributed by atoms with Gasteiger partial charge in [-0.15, -0.1) is 11.8 Å². The summed E-state index contributed by atoms with van der Waals surface area (Å²) < 4.78 is 4.28. The second-order valence-corrected chi connectivity index (χ2v) is 7.57. The van der Waals surface area contributed by atoms with Crippen LogP contribution in [0.2, 0.25) is 0 Å². The molecule has 1 unspecified atom stereocenters. The third kappa shape index (κ3) is 4.58. The molecule has 0 saturated carbocycles. The van der Waals surface area contributed by atoms with Crippen molar-refractivity contribution in [3.05, 3.63) is 45.1 Å². The van der Waals surface area contributed by atoms with Crippen molar-refractivity contribution in [1.29, 1.82) is 0 Å². The Balaban J connectivity index is 2.11. The first-order valence-corrected chi connectivity index (χ1v) is 9.49. The van der Waals surface area contributed by atoms with Gasteiger partial charge in [0.15, 0.2) is 0 Å². The molecule has 3 nitrogen and oxygen atoms in total. The van der Waals surface area contributed by atoms with E-state index in [-0.39, 0.29) is 6.04 Å². The molecule has 21 heavy (non-hydrogen) atoms. The first-order chi connectivity index (χ1) is 10.2. The number of thioether (sulfide) groups is 1. The quantitative estimate of drug-likeness (QED) is 0.632. The van der Waals surface area contributed by atoms with Gasteiger partial charge >= 0.3 is 0 Å². The van der Waals surface area contributed by atoms with Crippen LogP contribution in [0.4, 0.5) is 0 Å². The zero-order valence-electron chi connectivity index (χ0n) is 12.1. The van der Waals surface area contributed by atoms with Gasteiger partial charge in [0.1, 0.15) is 0 Å². The predicted molar refractivity (Wildman–Crippen MR) is 96.9 cm³/mol. The molecule has 0 aliphatic rings. The molecule has 0 aliphatic carbocycles. The molecular weight excluding hydrogens is 414 g/mol. The Hall–Kier alpha value is -0.300. The van der Waals surface area contributed by atoms with E-state index in [9.17, 15) is 0 Å². The first-order valence-electron chi connectivity index (χ1n) is 6.92. The predicted octanol–water partition coefficient (Wildman–Crippen LogP) is 4.87. The van der Waals surface area contributed by atoms with E-state index in [1.54, 1.807) is 0 Å². The van der Waals surface area contributed by atoms with Crippen molar-refractivity contribution in [2.24, 2.45) is 0 Å². The molecule has 6 heteroatoms. The largest absolute Gasteiger partial charge is 0.311 e. The molecule has 0 amide bonds. The Labute approximate surface area is 147 Å². The van der Waals surface area contributed by atoms with Crippen molar-refractivity contribution in [3.8, 4) is 0 Å². The molecule has 2 rings (SSSR count). The van der Waals surface area contributed by atoms with Gasteiger partial charge in [-0.25, -0.2) is 0 Å². The average Bonchev–Trinajstić information content (AvgIpc) is 2.82. The van der Waals surface area contributed by atoms with E-state index in [4.69, 9.17) is 0 Å². The maximum absolute atomic E-state index is 4.46. The van der Waals surface area contributed by atoms with Gasteiger partial charge in [0.25, 0.3) is 0 Å². The van der Waals surface area contributed by atoms with Crippen molar-refractivity contribution >= 4 is 43.6 Å². The average molecular weight is 433 g/mol. The van der Waals surface area contributed by atoms with E-state index >= 15 is 0 Å². The first kappa shape index (κ1) is 17.1. The second kappa shape index (κ2) is 8.36. The number of halogens is 2. The Morgan fingerprint density at radius 2 is 2.19 bits per heavy atom. The Morgan fingerprint density at radius 3 is 2.86 bits per heavy atom. The van der Waals surface area contributed by atoms with Crippen LogP contribution in [0, 0.1) is 0 Å². The summed E-state index contributed by atoms with van der Waals surface area (Å²) in [7, 11) is 2.00. The van der Waals surface area contributed by atoms with E-state index in [2.05, 4.69) is 72.1 Å². The number of nitrogens with one attached hydrogen (secondary N) is 1. The molecule has 2 aromatic rings. The second-order valence-electron chi connectivity index (χ2n) is 4.71. The summed E-state index contributed by atoms with van der Waals surface area (Å²) in [5.74, 6) is 0.959. The van der Waals surface area contributed by atoms with Crippen LogP contribution in [-0.2, 0) is 6.54 Å². The SMILES string of the molecule is CCCn1ncc(Br)c1C(CSc1cccc(Br)c1)NC. The molecule has 114 valence electrons. The van der Waals surface area contributed by atoms with Gasteiger partial charge in [0, 0.05) is 21.7 Å². The monoisotopic (exact) mass is 431 g/mol. The Morgan fingerprint density at radius 1 is 1.38 bits per heavy atom. The summed E-state index contributed by atoms with van der Waals surface area (Å²) in [6.07, 6.45) is 2.97. The van der Waals surface area contributed by atoms with Gasteiger partial charge in [-0.1, -0.05) is 28.9 Å². The lowest BCUT2D eigenvalue weighted by Gasteiger charge is -2.18. The van der Waals surface area contributed by atoms with Crippen LogP contribution >= 0.6 is 43.6 Å². The van der Waals surface area contributed by atoms with Crippen LogP contribution in [-0.4, -0.2) is 22.6 Å². The van der Waals surface area contributed by atoms with Crippen LogP contribution in [0.5, 0.6) is 0 Å². The minimum atomic E-state index is 0.261. The molecule has 1 heterocycles. The summed E-state index contributed by atoms with van der Waals surface area (Å²) in [6.45, 7) is 3.12. The molecule has 0 radical (unpaired) electrons. The fourth-order valence-corrected chi connectivity index (χ4v) is 4.34. The van der Waals surface area contributed by atoms with Crippen molar-refractivity contribution in [2.75, 3.05) is 12.8 Å². The van der Waals surface area contributed by atoms with Crippen LogP contribution in [0.3, 0.4) is 0 Å². The van der Waals surface area contributed by atoms with Gasteiger partial charge in [0.05, 0.1) is 22.4 Å². The number of rotatable bonds is 7. The summed E-state index contributed by atoms with van der Waals surface area (Å²) in [6, 6.07) is 8.67. The number of aryl methyl sites for hydroxylation is 1. The smallest absolute Gasteiger partial charge is 0.0704 e. The lowest BCUT2D eigenvalue weighted by Crippen LogP contribution is -2.23. The highest BCUT2D eigenvalue weighted by molar-refractivity contribution is 9.10. The van der Waals surface area contributed by atoms with Crippen LogP contribution in [0.15, 0.2) is 44.3 Å². The van der Waals surface area contributed by atoms with E-state index in [0.29, 0.717) is 0 Å². The standard InChI is InChI=1S/C15H19Br2N3S/c1-3-7-20-15(13(17)9-19-20)14(18-2)10-21-12-6-4-5-11(16)8-12/h4-6,8-9,14,18H,3,7,10H2,1-2H3. The van der Waals surface area contributed by atoms with E-state index < -0.39 is 0 Å². The lowest BCUT2D eigenvalue weighted by atomic mass is 10.2. The summed E-state index contributed by atoms with van der Waals surface area (Å²) in [4.78, 5) is 1.27. The molecule has 1 N–H and O–H groups in total. The molecule has 0 bridgehead atoms. The number of nitrogens with zero attached hydrogens (tertiary/aromatic N) is 2. The van der Waals surface area contributed by atoms with Gasteiger partial charge in [0.2, 0.25) is 0 Å². The Kier molecular flexibility index (Phi) is 6.79. The van der Waals surface area contributed by atoms with Crippen molar-refractivity contribution < 1.29 is 0 Å². The van der Waals surface area contributed by atoms with Crippen molar-refractivity contribution in [1.82, 2.24) is 15.1 Å². The molecule has 0 spiro atoms. The van der Waals surface area contributed by atoms with E-state index in [1.807, 2.05) is 31.1 Å². The zero-order valence-corrected chi connectivity index (χ0v) is 16.1. The summed E-state index contributed by atoms with van der Waals surface area (Å²) >= 11 is 8.99. The van der Waals surface area contributed by atoms with Gasteiger partial charge < -0.3 is 5.32 Å². The third-order valence-electron chi connectivity index (χ3n) is 3.16. The van der Waals surface area contributed by atoms with Gasteiger partial charge in [-0.05, 0) is 47.6 Å². The molecular formula is C15H19Br2N3S. The van der Waals surface area contributed by atoms with Crippen LogP contribution < -0.4 is 5.32 Å². The maximum atomic E-state index is 4.46. The molecule has 1 atom stereocenters. The number of hydrogen-bond acceptors (Lipinski definition) is 3. The van der Waals surface area contributed by atoms with Crippen molar-refractivity contribution in [2.45, 2.75) is 30.8 Å². The minimum absolute atomic E-state index is 0.261.